The summed E-state index contributed by atoms with van der Waals surface area (Å²) in [6, 6.07) is 50.4. The maximum atomic E-state index is 9.99. The van der Waals surface area contributed by atoms with Gasteiger partial charge in [-0.2, -0.15) is 15.8 Å². The summed E-state index contributed by atoms with van der Waals surface area (Å²) in [6.45, 7) is 0. The smallest absolute Gasteiger partial charge is 0.148 e. The third-order valence-electron chi connectivity index (χ3n) is 8.76. The summed E-state index contributed by atoms with van der Waals surface area (Å²) in [5.74, 6) is 0. The largest absolute Gasteiger partial charge is 0.192 e. The topological polar surface area (TPSA) is 71.4 Å². The monoisotopic (exact) mass is 555 g/mol. The van der Waals surface area contributed by atoms with E-state index in [2.05, 4.69) is 97.1 Å². The molecule has 0 aliphatic heterocycles. The summed E-state index contributed by atoms with van der Waals surface area (Å²) in [7, 11) is 0. The van der Waals surface area contributed by atoms with Gasteiger partial charge in [-0.05, 0) is 89.0 Å². The lowest BCUT2D eigenvalue weighted by molar-refractivity contribution is 1.45. The first-order chi connectivity index (χ1) is 21.7. The zero-order valence-electron chi connectivity index (χ0n) is 23.5. The molecule has 0 heterocycles. The molecule has 0 radical (unpaired) electrons. The van der Waals surface area contributed by atoms with Crippen molar-refractivity contribution in [1.29, 1.82) is 15.8 Å². The van der Waals surface area contributed by atoms with Crippen LogP contribution in [-0.4, -0.2) is 0 Å². The molecule has 0 unspecified atom stereocenters. The second kappa shape index (κ2) is 9.82. The minimum absolute atomic E-state index is 0.101. The van der Waals surface area contributed by atoms with Crippen LogP contribution in [0.4, 0.5) is 0 Å². The van der Waals surface area contributed by atoms with E-state index >= 15 is 0 Å². The Bertz CT molecular complexity index is 2370. The van der Waals surface area contributed by atoms with Gasteiger partial charge in [-0.3, -0.25) is 0 Å². The van der Waals surface area contributed by atoms with Crippen molar-refractivity contribution in [2.75, 3.05) is 0 Å². The van der Waals surface area contributed by atoms with E-state index in [0.29, 0.717) is 5.56 Å². The van der Waals surface area contributed by atoms with Crippen LogP contribution in [0.3, 0.4) is 0 Å². The molecule has 0 saturated heterocycles. The van der Waals surface area contributed by atoms with E-state index in [9.17, 15) is 15.8 Å². The van der Waals surface area contributed by atoms with Gasteiger partial charge in [0.05, 0.1) is 5.57 Å². The fourth-order valence-corrected chi connectivity index (χ4v) is 6.96. The first kappa shape index (κ1) is 25.3. The molecular weight excluding hydrogens is 534 g/mol. The van der Waals surface area contributed by atoms with E-state index in [0.717, 1.165) is 44.2 Å². The minimum Gasteiger partial charge on any atom is -0.192 e. The van der Waals surface area contributed by atoms with Crippen LogP contribution in [0.5, 0.6) is 0 Å². The molecule has 0 saturated carbocycles. The number of allylic oxidation sites excluding steroid dienone is 2. The van der Waals surface area contributed by atoms with E-state index in [1.165, 1.54) is 32.7 Å². The molecule has 0 fully saturated rings. The first-order valence-electron chi connectivity index (χ1n) is 14.4. The Morgan fingerprint density at radius 1 is 0.409 bits per heavy atom. The van der Waals surface area contributed by atoms with Gasteiger partial charge >= 0.3 is 0 Å². The summed E-state index contributed by atoms with van der Waals surface area (Å²) in [4.78, 5) is 0. The van der Waals surface area contributed by atoms with Crippen molar-refractivity contribution in [2.45, 2.75) is 0 Å². The molecule has 8 rings (SSSR count). The lowest BCUT2D eigenvalue weighted by Crippen LogP contribution is -1.92. The highest BCUT2D eigenvalue weighted by Crippen LogP contribution is 2.53. The van der Waals surface area contributed by atoms with Gasteiger partial charge in [0.15, 0.2) is 0 Å². The van der Waals surface area contributed by atoms with Crippen LogP contribution in [0.1, 0.15) is 5.56 Å². The van der Waals surface area contributed by atoms with E-state index in [4.69, 9.17) is 0 Å². The highest BCUT2D eigenvalue weighted by molar-refractivity contribution is 6.26. The van der Waals surface area contributed by atoms with Crippen LogP contribution in [-0.2, 0) is 0 Å². The normalized spacial score (nSPS) is 11.1. The molecule has 44 heavy (non-hydrogen) atoms. The van der Waals surface area contributed by atoms with E-state index in [1.54, 1.807) is 0 Å². The second-order valence-corrected chi connectivity index (χ2v) is 10.9. The maximum Gasteiger partial charge on any atom is 0.148 e. The van der Waals surface area contributed by atoms with Gasteiger partial charge in [0, 0.05) is 5.56 Å². The summed E-state index contributed by atoms with van der Waals surface area (Å²) in [6.07, 6.45) is 0. The van der Waals surface area contributed by atoms with Crippen molar-refractivity contribution >= 4 is 37.9 Å². The van der Waals surface area contributed by atoms with Crippen LogP contribution in [0.2, 0.25) is 0 Å². The third-order valence-corrected chi connectivity index (χ3v) is 8.76. The van der Waals surface area contributed by atoms with Crippen molar-refractivity contribution in [3.63, 3.8) is 0 Å². The van der Waals surface area contributed by atoms with Crippen molar-refractivity contribution in [3.05, 3.63) is 139 Å². The third kappa shape index (κ3) is 3.53. The Morgan fingerprint density at radius 3 is 1.43 bits per heavy atom. The van der Waals surface area contributed by atoms with E-state index < -0.39 is 0 Å². The fraction of sp³-hybridized carbons (Fsp3) is 0. The number of hydrogen-bond donors (Lipinski definition) is 0. The second-order valence-electron chi connectivity index (χ2n) is 10.9. The summed E-state index contributed by atoms with van der Waals surface area (Å²) >= 11 is 0. The lowest BCUT2D eigenvalue weighted by atomic mass is 9.84. The van der Waals surface area contributed by atoms with Crippen molar-refractivity contribution < 1.29 is 0 Å². The molecule has 0 atom stereocenters. The highest BCUT2D eigenvalue weighted by atomic mass is 14.3. The van der Waals surface area contributed by atoms with Gasteiger partial charge in [0.1, 0.15) is 23.8 Å². The molecule has 0 spiro atoms. The SMILES string of the molecule is N#CC(C#N)=C(C#N)c1ccc2c3c(cccc13)-c1cc3c(-c4ccccc4)c4ccccc4c(-c4ccccc4)c3cc1-2. The molecule has 3 nitrogen and oxygen atoms in total. The van der Waals surface area contributed by atoms with Crippen molar-refractivity contribution in [3.8, 4) is 62.7 Å². The molecule has 1 aliphatic rings. The average molecular weight is 556 g/mol. The number of benzene rings is 7. The Hall–Kier alpha value is -6.47. The van der Waals surface area contributed by atoms with Crippen molar-refractivity contribution in [1.82, 2.24) is 0 Å². The van der Waals surface area contributed by atoms with Gasteiger partial charge in [-0.15, -0.1) is 0 Å². The molecule has 7 aromatic carbocycles. The number of nitriles is 3. The number of nitrogens with zero attached hydrogens (tertiary/aromatic N) is 3. The average Bonchev–Trinajstić information content (AvgIpc) is 3.40. The molecule has 200 valence electrons. The van der Waals surface area contributed by atoms with Gasteiger partial charge in [-0.25, -0.2) is 0 Å². The zero-order valence-corrected chi connectivity index (χ0v) is 23.5. The molecular formula is C41H21N3. The van der Waals surface area contributed by atoms with Gasteiger partial charge < -0.3 is 0 Å². The molecule has 3 heteroatoms. The first-order valence-corrected chi connectivity index (χ1v) is 14.4. The Balaban J connectivity index is 1.54. The summed E-state index contributed by atoms with van der Waals surface area (Å²) < 4.78 is 0. The summed E-state index contributed by atoms with van der Waals surface area (Å²) in [5, 5.41) is 35.8. The molecule has 0 aromatic heterocycles. The Kier molecular flexibility index (Phi) is 5.64. The predicted molar refractivity (Wildman–Crippen MR) is 178 cm³/mol. The van der Waals surface area contributed by atoms with Crippen LogP contribution in [0, 0.1) is 34.0 Å². The molecule has 7 aromatic rings. The van der Waals surface area contributed by atoms with E-state index in [-0.39, 0.29) is 11.1 Å². The van der Waals surface area contributed by atoms with Gasteiger partial charge in [-0.1, -0.05) is 115 Å². The van der Waals surface area contributed by atoms with Crippen LogP contribution < -0.4 is 0 Å². The Labute approximate surface area is 254 Å². The molecule has 0 bridgehead atoms. The molecule has 0 N–H and O–H groups in total. The Morgan fingerprint density at radius 2 is 0.909 bits per heavy atom. The highest BCUT2D eigenvalue weighted by Gasteiger charge is 2.27. The number of rotatable bonds is 3. The molecule has 1 aliphatic carbocycles. The van der Waals surface area contributed by atoms with Gasteiger partial charge in [0.2, 0.25) is 0 Å². The summed E-state index contributed by atoms with van der Waals surface area (Å²) in [5.41, 5.74) is 9.66. The predicted octanol–water partition coefficient (Wildman–Crippen LogP) is 10.5. The van der Waals surface area contributed by atoms with Gasteiger partial charge in [0.25, 0.3) is 0 Å². The standard InChI is InChI=1S/C41H21N3/c42-22-27(23-43)38(24-44)28-18-19-33-35-21-37-36(20-34(35)32-17-9-16-29(28)41(32)33)39(25-10-3-1-4-11-25)30-14-7-8-15-31(30)40(37)26-12-5-2-6-13-26/h1-21H. The molecule has 0 amide bonds. The van der Waals surface area contributed by atoms with E-state index in [1.807, 2.05) is 48.5 Å². The maximum absolute atomic E-state index is 9.99. The minimum atomic E-state index is -0.179. The fourth-order valence-electron chi connectivity index (χ4n) is 6.96. The number of fused-ring (bicyclic) bond motifs is 5. The number of hydrogen-bond acceptors (Lipinski definition) is 3. The van der Waals surface area contributed by atoms with Crippen LogP contribution in [0.15, 0.2) is 133 Å². The van der Waals surface area contributed by atoms with Crippen LogP contribution >= 0.6 is 0 Å². The quantitative estimate of drug-likeness (QED) is 0.161. The van der Waals surface area contributed by atoms with Crippen LogP contribution in [0.25, 0.3) is 82.4 Å². The zero-order chi connectivity index (χ0) is 29.8. The lowest BCUT2D eigenvalue weighted by Gasteiger charge is -2.19. The van der Waals surface area contributed by atoms with Crippen molar-refractivity contribution in [2.24, 2.45) is 0 Å².